The van der Waals surface area contributed by atoms with Gasteiger partial charge >= 0.3 is 0 Å². The predicted molar refractivity (Wildman–Crippen MR) is 77.0 cm³/mol. The largest absolute Gasteiger partial charge is 0.375 e. The molecule has 2 atom stereocenters. The van der Waals surface area contributed by atoms with Gasteiger partial charge in [-0.3, -0.25) is 0 Å². The van der Waals surface area contributed by atoms with Gasteiger partial charge in [0, 0.05) is 23.5 Å². The molecule has 0 amide bonds. The van der Waals surface area contributed by atoms with E-state index in [0.29, 0.717) is 5.02 Å². The van der Waals surface area contributed by atoms with E-state index in [-0.39, 0.29) is 11.3 Å². The molecule has 0 N–H and O–H groups in total. The van der Waals surface area contributed by atoms with Crippen LogP contribution in [0.25, 0.3) is 0 Å². The molecule has 2 rings (SSSR count). The molecule has 1 aromatic rings. The van der Waals surface area contributed by atoms with Crippen molar-refractivity contribution in [2.75, 3.05) is 7.11 Å². The lowest BCUT2D eigenvalue weighted by Crippen LogP contribution is -2.72. The van der Waals surface area contributed by atoms with E-state index in [1.54, 1.807) is 19.2 Å². The van der Waals surface area contributed by atoms with E-state index in [1.165, 1.54) is 0 Å². The minimum absolute atomic E-state index is 0.216. The Morgan fingerprint density at radius 2 is 1.60 bits per heavy atom. The average Bonchev–Trinajstić information content (AvgIpc) is 2.44. The van der Waals surface area contributed by atoms with Crippen LogP contribution in [0, 0.1) is 33.5 Å². The summed E-state index contributed by atoms with van der Waals surface area (Å²) in [6.07, 6.45) is 0. The summed E-state index contributed by atoms with van der Waals surface area (Å²) in [5.41, 5.74) is -1.40. The third-order valence-corrected chi connectivity index (χ3v) is 5.35. The zero-order valence-electron chi connectivity index (χ0n) is 12.1. The first-order valence-electron chi connectivity index (χ1n) is 6.44. The number of benzene rings is 1. The topological polar surface area (TPSA) is 56.8 Å². The maximum Gasteiger partial charge on any atom is 0.180 e. The summed E-state index contributed by atoms with van der Waals surface area (Å²) < 4.78 is 5.59. The Hall–Kier alpha value is -1.55. The maximum absolute atomic E-state index is 9.64. The van der Waals surface area contributed by atoms with Gasteiger partial charge in [-0.25, -0.2) is 0 Å². The number of hydrogen-bond donors (Lipinski definition) is 0. The lowest BCUT2D eigenvalue weighted by molar-refractivity contribution is -0.237. The number of rotatable bonds is 2. The van der Waals surface area contributed by atoms with Crippen molar-refractivity contribution in [3.63, 3.8) is 0 Å². The van der Waals surface area contributed by atoms with E-state index in [1.807, 2.05) is 32.9 Å². The second kappa shape index (κ2) is 4.48. The van der Waals surface area contributed by atoms with Gasteiger partial charge < -0.3 is 4.74 Å². The second-order valence-electron chi connectivity index (χ2n) is 5.98. The van der Waals surface area contributed by atoms with E-state index in [0.717, 1.165) is 5.56 Å². The average molecular weight is 289 g/mol. The van der Waals surface area contributed by atoms with Crippen molar-refractivity contribution in [2.24, 2.45) is 10.8 Å². The summed E-state index contributed by atoms with van der Waals surface area (Å²) in [5, 5.41) is 19.9. The molecule has 0 spiro atoms. The Labute approximate surface area is 124 Å². The molecule has 104 valence electrons. The molecule has 20 heavy (non-hydrogen) atoms. The molecule has 1 aromatic carbocycles. The second-order valence-corrected chi connectivity index (χ2v) is 6.41. The monoisotopic (exact) mass is 288 g/mol. The van der Waals surface area contributed by atoms with Gasteiger partial charge in [-0.1, -0.05) is 37.6 Å². The summed E-state index contributed by atoms with van der Waals surface area (Å²) >= 11 is 5.92. The minimum Gasteiger partial charge on any atom is -0.375 e. The number of ether oxygens (including phenoxy) is 1. The number of nitrogens with zero attached hydrogens (tertiary/aromatic N) is 2. The zero-order valence-corrected chi connectivity index (χ0v) is 12.8. The molecule has 4 heteroatoms. The molecule has 1 saturated carbocycles. The van der Waals surface area contributed by atoms with Gasteiger partial charge in [-0.15, -0.1) is 0 Å². The van der Waals surface area contributed by atoms with Crippen LogP contribution in [0.15, 0.2) is 24.3 Å². The highest BCUT2D eigenvalue weighted by atomic mass is 35.5. The number of halogens is 1. The zero-order chi connectivity index (χ0) is 15.2. The fourth-order valence-electron chi connectivity index (χ4n) is 3.64. The van der Waals surface area contributed by atoms with Crippen LogP contribution < -0.4 is 0 Å². The summed E-state index contributed by atoms with van der Waals surface area (Å²) in [7, 11) is 1.56. The van der Waals surface area contributed by atoms with Crippen molar-refractivity contribution >= 4 is 11.6 Å². The molecule has 1 fully saturated rings. The van der Waals surface area contributed by atoms with Crippen LogP contribution in [0.4, 0.5) is 0 Å². The molecule has 0 saturated heterocycles. The lowest BCUT2D eigenvalue weighted by Gasteiger charge is -2.66. The van der Waals surface area contributed by atoms with Crippen molar-refractivity contribution in [1.82, 2.24) is 0 Å². The molecule has 1 aliphatic rings. The highest BCUT2D eigenvalue weighted by Gasteiger charge is 2.76. The van der Waals surface area contributed by atoms with E-state index in [4.69, 9.17) is 16.3 Å². The predicted octanol–water partition coefficient (Wildman–Crippen LogP) is 3.90. The van der Waals surface area contributed by atoms with Gasteiger partial charge in [0.15, 0.2) is 5.41 Å². The summed E-state index contributed by atoms with van der Waals surface area (Å²) in [6, 6.07) is 11.7. The van der Waals surface area contributed by atoms with Crippen LogP contribution in [-0.4, -0.2) is 12.7 Å². The van der Waals surface area contributed by atoms with Crippen molar-refractivity contribution in [2.45, 2.75) is 32.3 Å². The van der Waals surface area contributed by atoms with Gasteiger partial charge in [0.05, 0.1) is 12.1 Å². The molecule has 0 bridgehead atoms. The Morgan fingerprint density at radius 1 is 1.10 bits per heavy atom. The van der Waals surface area contributed by atoms with E-state index >= 15 is 0 Å². The molecular weight excluding hydrogens is 272 g/mol. The van der Waals surface area contributed by atoms with Gasteiger partial charge in [-0.2, -0.15) is 10.5 Å². The number of methoxy groups -OCH3 is 1. The fraction of sp³-hybridized carbons (Fsp3) is 0.500. The Kier molecular flexibility index (Phi) is 3.33. The molecule has 1 aliphatic carbocycles. The van der Waals surface area contributed by atoms with Crippen LogP contribution in [0.3, 0.4) is 0 Å². The van der Waals surface area contributed by atoms with Crippen molar-refractivity contribution in [1.29, 1.82) is 10.5 Å². The quantitative estimate of drug-likeness (QED) is 0.829. The van der Waals surface area contributed by atoms with Gasteiger partial charge in [-0.05, 0) is 24.6 Å². The molecule has 0 aliphatic heterocycles. The molecule has 2 unspecified atom stereocenters. The lowest BCUT2D eigenvalue weighted by atomic mass is 9.37. The summed E-state index contributed by atoms with van der Waals surface area (Å²) in [6.45, 7) is 5.90. The standard InChI is InChI=1S/C16H17ClN2O/c1-14(2)13(11-5-7-12(17)8-6-11)16(9-18,10-19)15(14,3)20-4/h5-8,13H,1-4H3. The molecular formula is C16H17ClN2O. The van der Waals surface area contributed by atoms with Crippen molar-refractivity contribution in [3.8, 4) is 12.1 Å². The summed E-state index contributed by atoms with van der Waals surface area (Å²) in [5.74, 6) is -0.216. The first-order chi connectivity index (χ1) is 9.30. The van der Waals surface area contributed by atoms with Crippen LogP contribution >= 0.6 is 11.6 Å². The maximum atomic E-state index is 9.64. The molecule has 3 nitrogen and oxygen atoms in total. The minimum atomic E-state index is -1.20. The third-order valence-electron chi connectivity index (χ3n) is 5.10. The summed E-state index contributed by atoms with van der Waals surface area (Å²) in [4.78, 5) is 0. The highest BCUT2D eigenvalue weighted by molar-refractivity contribution is 6.30. The first-order valence-corrected chi connectivity index (χ1v) is 6.81. The Morgan fingerprint density at radius 3 is 2.00 bits per heavy atom. The van der Waals surface area contributed by atoms with Crippen molar-refractivity contribution in [3.05, 3.63) is 34.9 Å². The van der Waals surface area contributed by atoms with Gasteiger partial charge in [0.25, 0.3) is 0 Å². The normalized spacial score (nSPS) is 29.9. The smallest absolute Gasteiger partial charge is 0.180 e. The van der Waals surface area contributed by atoms with Crippen LogP contribution in [0.2, 0.25) is 5.02 Å². The molecule has 0 heterocycles. The number of hydrogen-bond acceptors (Lipinski definition) is 3. The van der Waals surface area contributed by atoms with Crippen LogP contribution in [-0.2, 0) is 4.74 Å². The molecule has 0 aromatic heterocycles. The van der Waals surface area contributed by atoms with E-state index < -0.39 is 11.0 Å². The van der Waals surface area contributed by atoms with Gasteiger partial charge in [0.1, 0.15) is 5.60 Å². The Balaban J connectivity index is 2.61. The Bertz CT molecular complexity index is 595. The highest BCUT2D eigenvalue weighted by Crippen LogP contribution is 2.71. The SMILES string of the molecule is COC1(C)C(C)(C)C(c2ccc(Cl)cc2)C1(C#N)C#N. The fourth-order valence-corrected chi connectivity index (χ4v) is 3.76. The molecule has 0 radical (unpaired) electrons. The number of nitriles is 2. The first kappa shape index (κ1) is 14.9. The third kappa shape index (κ3) is 1.48. The van der Waals surface area contributed by atoms with Crippen molar-refractivity contribution < 1.29 is 4.74 Å². The van der Waals surface area contributed by atoms with Crippen LogP contribution in [0.5, 0.6) is 0 Å². The van der Waals surface area contributed by atoms with Crippen LogP contribution in [0.1, 0.15) is 32.3 Å². The van der Waals surface area contributed by atoms with E-state index in [9.17, 15) is 10.5 Å². The van der Waals surface area contributed by atoms with Gasteiger partial charge in [0.2, 0.25) is 0 Å². The van der Waals surface area contributed by atoms with E-state index in [2.05, 4.69) is 12.1 Å².